The summed E-state index contributed by atoms with van der Waals surface area (Å²) < 4.78 is 0. The van der Waals surface area contributed by atoms with Crippen LogP contribution in [0, 0.1) is 6.92 Å². The van der Waals surface area contributed by atoms with Gasteiger partial charge >= 0.3 is 0 Å². The van der Waals surface area contributed by atoms with Crippen LogP contribution in [0.2, 0.25) is 10.0 Å². The summed E-state index contributed by atoms with van der Waals surface area (Å²) in [7, 11) is 0. The monoisotopic (exact) mass is 237 g/mol. The van der Waals surface area contributed by atoms with Crippen LogP contribution in [0.4, 0.5) is 0 Å². The Kier molecular flexibility index (Phi) is 2.94. The molecule has 0 atom stereocenters. The average Bonchev–Trinajstić information content (AvgIpc) is 2.16. The number of benzene rings is 1. The second-order valence-electron chi connectivity index (χ2n) is 3.32. The Bertz CT molecular complexity index is 474. The molecule has 0 aliphatic rings. The van der Waals surface area contributed by atoms with Crippen molar-refractivity contribution < 1.29 is 0 Å². The van der Waals surface area contributed by atoms with E-state index in [1.165, 1.54) is 0 Å². The summed E-state index contributed by atoms with van der Waals surface area (Å²) in [4.78, 5) is 4.40. The van der Waals surface area contributed by atoms with Crippen LogP contribution in [0.3, 0.4) is 0 Å². The number of hydrogen-bond donors (Lipinski definition) is 0. The molecular weight excluding hydrogens is 229 g/mol. The summed E-state index contributed by atoms with van der Waals surface area (Å²) in [5.74, 6) is 0. The van der Waals surface area contributed by atoms with Gasteiger partial charge in [-0.3, -0.25) is 4.98 Å². The second kappa shape index (κ2) is 4.21. The molecule has 76 valence electrons. The van der Waals surface area contributed by atoms with Crippen molar-refractivity contribution in [1.82, 2.24) is 4.98 Å². The van der Waals surface area contributed by atoms with Crippen LogP contribution in [-0.2, 0) is 0 Å². The SMILES string of the molecule is Cc1cc(Cl)cc(-c2cccc(Cl)c2)n1. The fraction of sp³-hybridized carbons (Fsp3) is 0.0833. The largest absolute Gasteiger partial charge is 0.253 e. The molecule has 1 aromatic carbocycles. The normalized spacial score (nSPS) is 10.3. The first-order valence-corrected chi connectivity index (χ1v) is 5.31. The van der Waals surface area contributed by atoms with Crippen molar-refractivity contribution in [2.45, 2.75) is 6.92 Å². The molecule has 0 spiro atoms. The zero-order valence-electron chi connectivity index (χ0n) is 8.17. The Morgan fingerprint density at radius 1 is 1.00 bits per heavy atom. The lowest BCUT2D eigenvalue weighted by Crippen LogP contribution is -1.86. The van der Waals surface area contributed by atoms with E-state index < -0.39 is 0 Å². The lowest BCUT2D eigenvalue weighted by molar-refractivity contribution is 1.21. The Hall–Kier alpha value is -1.05. The van der Waals surface area contributed by atoms with Gasteiger partial charge < -0.3 is 0 Å². The summed E-state index contributed by atoms with van der Waals surface area (Å²) in [6.07, 6.45) is 0. The second-order valence-corrected chi connectivity index (χ2v) is 4.20. The molecule has 0 radical (unpaired) electrons. The van der Waals surface area contributed by atoms with Gasteiger partial charge in [-0.2, -0.15) is 0 Å². The number of rotatable bonds is 1. The van der Waals surface area contributed by atoms with Crippen LogP contribution in [0.5, 0.6) is 0 Å². The van der Waals surface area contributed by atoms with Crippen LogP contribution >= 0.6 is 23.2 Å². The van der Waals surface area contributed by atoms with Crippen molar-refractivity contribution in [2.75, 3.05) is 0 Å². The van der Waals surface area contributed by atoms with Crippen molar-refractivity contribution in [3.63, 3.8) is 0 Å². The predicted molar refractivity (Wildman–Crippen MR) is 64.4 cm³/mol. The van der Waals surface area contributed by atoms with Gasteiger partial charge in [0.25, 0.3) is 0 Å². The molecule has 0 aliphatic heterocycles. The molecule has 15 heavy (non-hydrogen) atoms. The van der Waals surface area contributed by atoms with E-state index in [4.69, 9.17) is 23.2 Å². The average molecular weight is 238 g/mol. The van der Waals surface area contributed by atoms with Gasteiger partial charge in [-0.25, -0.2) is 0 Å². The van der Waals surface area contributed by atoms with E-state index in [0.29, 0.717) is 10.0 Å². The fourth-order valence-corrected chi connectivity index (χ4v) is 1.87. The zero-order valence-corrected chi connectivity index (χ0v) is 9.68. The van der Waals surface area contributed by atoms with E-state index in [0.717, 1.165) is 17.0 Å². The van der Waals surface area contributed by atoms with E-state index in [2.05, 4.69) is 4.98 Å². The number of hydrogen-bond acceptors (Lipinski definition) is 1. The van der Waals surface area contributed by atoms with Crippen LogP contribution < -0.4 is 0 Å². The predicted octanol–water partition coefficient (Wildman–Crippen LogP) is 4.36. The Morgan fingerprint density at radius 3 is 2.47 bits per heavy atom. The van der Waals surface area contributed by atoms with Gasteiger partial charge in [0.05, 0.1) is 5.69 Å². The smallest absolute Gasteiger partial charge is 0.0720 e. The lowest BCUT2D eigenvalue weighted by atomic mass is 10.1. The van der Waals surface area contributed by atoms with E-state index in [1.807, 2.05) is 43.3 Å². The maximum Gasteiger partial charge on any atom is 0.0720 e. The van der Waals surface area contributed by atoms with Crippen molar-refractivity contribution in [2.24, 2.45) is 0 Å². The van der Waals surface area contributed by atoms with E-state index in [-0.39, 0.29) is 0 Å². The summed E-state index contributed by atoms with van der Waals surface area (Å²) in [6, 6.07) is 11.2. The van der Waals surface area contributed by atoms with Crippen LogP contribution in [-0.4, -0.2) is 4.98 Å². The fourth-order valence-electron chi connectivity index (χ4n) is 1.42. The molecule has 0 aliphatic carbocycles. The first kappa shape index (κ1) is 10.5. The summed E-state index contributed by atoms with van der Waals surface area (Å²) in [5.41, 5.74) is 2.73. The zero-order chi connectivity index (χ0) is 10.8. The molecule has 0 amide bonds. The molecule has 2 aromatic rings. The highest BCUT2D eigenvalue weighted by Crippen LogP contribution is 2.23. The maximum atomic E-state index is 5.97. The Balaban J connectivity index is 2.54. The summed E-state index contributed by atoms with van der Waals surface area (Å²) in [6.45, 7) is 1.92. The first-order valence-electron chi connectivity index (χ1n) is 4.55. The van der Waals surface area contributed by atoms with Gasteiger partial charge in [0, 0.05) is 21.3 Å². The van der Waals surface area contributed by atoms with Gasteiger partial charge in [0.1, 0.15) is 0 Å². The van der Waals surface area contributed by atoms with Gasteiger partial charge in [-0.15, -0.1) is 0 Å². The molecule has 1 nitrogen and oxygen atoms in total. The number of nitrogens with zero attached hydrogens (tertiary/aromatic N) is 1. The standard InChI is InChI=1S/C12H9Cl2N/c1-8-5-11(14)7-12(15-8)9-3-2-4-10(13)6-9/h2-7H,1H3. The Morgan fingerprint density at radius 2 is 1.80 bits per heavy atom. The number of aromatic nitrogens is 1. The molecule has 0 saturated carbocycles. The topological polar surface area (TPSA) is 12.9 Å². The van der Waals surface area contributed by atoms with Crippen molar-refractivity contribution in [3.8, 4) is 11.3 Å². The Labute approximate surface area is 98.7 Å². The highest BCUT2D eigenvalue weighted by molar-refractivity contribution is 6.31. The van der Waals surface area contributed by atoms with E-state index in [9.17, 15) is 0 Å². The van der Waals surface area contributed by atoms with Crippen LogP contribution in [0.1, 0.15) is 5.69 Å². The molecule has 0 bridgehead atoms. The molecule has 0 unspecified atom stereocenters. The molecule has 3 heteroatoms. The lowest BCUT2D eigenvalue weighted by Gasteiger charge is -2.03. The number of aryl methyl sites for hydroxylation is 1. The van der Waals surface area contributed by atoms with Gasteiger partial charge in [0.15, 0.2) is 0 Å². The molecule has 2 rings (SSSR count). The molecule has 0 N–H and O–H groups in total. The quantitative estimate of drug-likeness (QED) is 0.719. The molecule has 1 aromatic heterocycles. The highest BCUT2D eigenvalue weighted by Gasteiger charge is 2.02. The van der Waals surface area contributed by atoms with Crippen molar-refractivity contribution in [1.29, 1.82) is 0 Å². The third-order valence-electron chi connectivity index (χ3n) is 2.04. The highest BCUT2D eigenvalue weighted by atomic mass is 35.5. The minimum absolute atomic E-state index is 0.692. The van der Waals surface area contributed by atoms with Crippen LogP contribution in [0.25, 0.3) is 11.3 Å². The summed E-state index contributed by atoms with van der Waals surface area (Å²) >= 11 is 11.9. The third-order valence-corrected chi connectivity index (χ3v) is 2.49. The molecule has 0 fully saturated rings. The maximum absolute atomic E-state index is 5.97. The molecule has 1 heterocycles. The van der Waals surface area contributed by atoms with Gasteiger partial charge in [-0.05, 0) is 31.2 Å². The minimum Gasteiger partial charge on any atom is -0.253 e. The summed E-state index contributed by atoms with van der Waals surface area (Å²) in [5, 5.41) is 1.39. The number of pyridine rings is 1. The third kappa shape index (κ3) is 2.49. The van der Waals surface area contributed by atoms with Crippen molar-refractivity contribution >= 4 is 23.2 Å². The van der Waals surface area contributed by atoms with E-state index >= 15 is 0 Å². The van der Waals surface area contributed by atoms with E-state index in [1.54, 1.807) is 0 Å². The molecular formula is C12H9Cl2N. The van der Waals surface area contributed by atoms with Crippen molar-refractivity contribution in [3.05, 3.63) is 52.1 Å². The first-order chi connectivity index (χ1) is 7.15. The van der Waals surface area contributed by atoms with Gasteiger partial charge in [0.2, 0.25) is 0 Å². The van der Waals surface area contributed by atoms with Crippen LogP contribution in [0.15, 0.2) is 36.4 Å². The minimum atomic E-state index is 0.692. The molecule has 0 saturated heterocycles. The number of halogens is 2. The van der Waals surface area contributed by atoms with Gasteiger partial charge in [-0.1, -0.05) is 35.3 Å².